The number of aliphatic hydroxyl groups is 1. The van der Waals surface area contributed by atoms with Crippen molar-refractivity contribution in [2.45, 2.75) is 82.9 Å². The van der Waals surface area contributed by atoms with Gasteiger partial charge in [-0.25, -0.2) is 18.8 Å². The number of benzene rings is 1. The number of cyclic esters (lactones) is 1. The normalized spacial score (nSPS) is 36.2. The lowest BCUT2D eigenvalue weighted by Gasteiger charge is -2.48. The van der Waals surface area contributed by atoms with E-state index in [9.17, 15) is 28.7 Å². The van der Waals surface area contributed by atoms with E-state index in [4.69, 9.17) is 23.7 Å². The van der Waals surface area contributed by atoms with Gasteiger partial charge in [0.05, 0.1) is 6.10 Å². The van der Waals surface area contributed by atoms with Crippen LogP contribution in [0.4, 0.5) is 4.39 Å². The fraction of sp³-hybridized carbons (Fsp3) is 0.514. The lowest BCUT2D eigenvalue weighted by atomic mass is 9.57. The number of hydrogen-bond acceptors (Lipinski definition) is 10. The second-order valence-corrected chi connectivity index (χ2v) is 13.7. The monoisotopic (exact) mass is 694 g/mol. The van der Waals surface area contributed by atoms with Crippen LogP contribution in [0.15, 0.2) is 66.4 Å². The molecular formula is C37H43FN2O10. The molecule has 1 aromatic carbocycles. The maximum Gasteiger partial charge on any atom is 0.397 e. The van der Waals surface area contributed by atoms with Crippen molar-refractivity contribution < 1.29 is 52.4 Å². The number of ether oxygens (including phenoxy) is 5. The first-order valence-electron chi connectivity index (χ1n) is 16.9. The first-order chi connectivity index (χ1) is 23.9. The van der Waals surface area contributed by atoms with Crippen molar-refractivity contribution in [3.63, 3.8) is 0 Å². The molecule has 1 saturated heterocycles. The van der Waals surface area contributed by atoms with E-state index in [1.165, 1.54) is 32.2 Å². The molecule has 268 valence electrons. The van der Waals surface area contributed by atoms with E-state index >= 15 is 0 Å². The van der Waals surface area contributed by atoms with Crippen LogP contribution in [0, 0.1) is 35.4 Å². The molecule has 13 heteroatoms. The molecule has 0 radical (unpaired) electrons. The predicted molar refractivity (Wildman–Crippen MR) is 174 cm³/mol. The van der Waals surface area contributed by atoms with E-state index in [1.54, 1.807) is 31.3 Å². The van der Waals surface area contributed by atoms with E-state index in [1.807, 2.05) is 32.1 Å². The number of aromatic nitrogens is 1. The molecule has 6 rings (SSSR count). The molecule has 3 heterocycles. The van der Waals surface area contributed by atoms with E-state index in [-0.39, 0.29) is 30.1 Å². The highest BCUT2D eigenvalue weighted by atomic mass is 19.1. The van der Waals surface area contributed by atoms with Gasteiger partial charge in [0.2, 0.25) is 0 Å². The summed E-state index contributed by atoms with van der Waals surface area (Å²) in [5.41, 5.74) is 0.155. The summed E-state index contributed by atoms with van der Waals surface area (Å²) in [5.74, 6) is -6.24. The van der Waals surface area contributed by atoms with Crippen molar-refractivity contribution in [2.75, 3.05) is 7.11 Å². The van der Waals surface area contributed by atoms with Crippen LogP contribution >= 0.6 is 0 Å². The maximum absolute atomic E-state index is 14.0. The van der Waals surface area contributed by atoms with Gasteiger partial charge in [0.1, 0.15) is 41.5 Å². The Bertz CT molecular complexity index is 1680. The van der Waals surface area contributed by atoms with E-state index in [0.29, 0.717) is 0 Å². The average molecular weight is 695 g/mol. The third-order valence-electron chi connectivity index (χ3n) is 10.8. The Morgan fingerprint density at radius 2 is 1.92 bits per heavy atom. The zero-order valence-corrected chi connectivity index (χ0v) is 28.5. The molecule has 4 bridgehead atoms. The number of carbonyl (C=O) groups excluding carboxylic acids is 4. The van der Waals surface area contributed by atoms with Crippen LogP contribution < -0.4 is 5.32 Å². The van der Waals surface area contributed by atoms with E-state index < -0.39 is 95.5 Å². The number of nitrogens with one attached hydrogen (secondary N) is 2. The van der Waals surface area contributed by atoms with Crippen LogP contribution in [-0.4, -0.2) is 83.2 Å². The van der Waals surface area contributed by atoms with Crippen LogP contribution in [0.25, 0.3) is 0 Å². The van der Waals surface area contributed by atoms with Gasteiger partial charge in [-0.2, -0.15) is 0 Å². The molecule has 12 nitrogen and oxygen atoms in total. The van der Waals surface area contributed by atoms with Gasteiger partial charge in [-0.05, 0) is 44.0 Å². The summed E-state index contributed by atoms with van der Waals surface area (Å²) in [5, 5.41) is 14.3. The molecule has 1 aromatic heterocycles. The van der Waals surface area contributed by atoms with Crippen LogP contribution in [0.3, 0.4) is 0 Å². The standard InChI is InChI=1S/C37H43FN2O10/c1-18-15-19(2)37-23(12-13-24-28(37)29(41)20(3)31(32(24)50-37)49-34(43)26-11-8-14-39-26)16-27(46-5)35(44)48-30(18)21(4)47-36(45)33(42)40-17-22-9-6-7-10-25(22)38/h6-15,18,20-21,23-24,27-32,39,41H,16-17H2,1-5H3,(H,40,42)/b19-15+/t18-,20-,21-,23-,24?,27+,28?,29-,30+,31-,32-,37+/m1/s1. The van der Waals surface area contributed by atoms with Gasteiger partial charge in [-0.1, -0.05) is 50.3 Å². The molecule has 50 heavy (non-hydrogen) atoms. The van der Waals surface area contributed by atoms with Gasteiger partial charge in [-0.15, -0.1) is 0 Å². The smallest absolute Gasteiger partial charge is 0.397 e. The molecule has 2 unspecified atom stereocenters. The molecule has 1 spiro atoms. The number of aliphatic hydroxyl groups excluding tert-OH is 1. The van der Waals surface area contributed by atoms with Gasteiger partial charge in [0.15, 0.2) is 6.10 Å². The summed E-state index contributed by atoms with van der Waals surface area (Å²) in [6, 6.07) is 9.16. The Balaban J connectivity index is 1.27. The summed E-state index contributed by atoms with van der Waals surface area (Å²) in [6.07, 6.45) is 2.19. The summed E-state index contributed by atoms with van der Waals surface area (Å²) in [6.45, 7) is 6.81. The number of amides is 1. The van der Waals surface area contributed by atoms with Crippen molar-refractivity contribution in [3.8, 4) is 0 Å². The molecule has 2 aromatic rings. The van der Waals surface area contributed by atoms with E-state index in [2.05, 4.69) is 10.3 Å². The number of carbonyl (C=O) groups is 4. The van der Waals surface area contributed by atoms with E-state index in [0.717, 1.165) is 5.57 Å². The number of methoxy groups -OCH3 is 1. The lowest BCUT2D eigenvalue weighted by Crippen LogP contribution is -2.57. The van der Waals surface area contributed by atoms with Gasteiger partial charge in [-0.3, -0.25) is 4.79 Å². The van der Waals surface area contributed by atoms with Crippen LogP contribution in [0.1, 0.15) is 50.2 Å². The summed E-state index contributed by atoms with van der Waals surface area (Å²) in [4.78, 5) is 55.0. The molecule has 3 N–H and O–H groups in total. The largest absolute Gasteiger partial charge is 0.456 e. The SMILES string of the molecule is CO[C@H]1C[C@H]2C=CC3C4[C@H](O)[C@@H](C)[C@@H](OC(=O)c5ccc[nH]5)[C@@H]3O[C@]42/C(C)=C/[C@@H](C)[C@@H]([C@@H](C)OC(=O)C(=O)NCc2ccccc2F)OC1=O. The van der Waals surface area contributed by atoms with Crippen LogP contribution in [-0.2, 0) is 44.6 Å². The number of hydrogen-bond donors (Lipinski definition) is 3. The van der Waals surface area contributed by atoms with Crippen molar-refractivity contribution in [1.29, 1.82) is 0 Å². The van der Waals surface area contributed by atoms with Gasteiger partial charge >= 0.3 is 23.8 Å². The Morgan fingerprint density at radius 1 is 1.16 bits per heavy atom. The number of H-pyrrole nitrogens is 1. The zero-order valence-electron chi connectivity index (χ0n) is 28.5. The predicted octanol–water partition coefficient (Wildman–Crippen LogP) is 3.41. The highest BCUT2D eigenvalue weighted by molar-refractivity contribution is 6.32. The minimum absolute atomic E-state index is 0.148. The molecular weight excluding hydrogens is 651 g/mol. The van der Waals surface area contributed by atoms with Gasteiger partial charge < -0.3 is 39.1 Å². The number of esters is 3. The van der Waals surface area contributed by atoms with Gasteiger partial charge in [0.25, 0.3) is 0 Å². The average Bonchev–Trinajstić information content (AvgIpc) is 3.70. The topological polar surface area (TPSA) is 162 Å². The number of rotatable bonds is 7. The molecule has 12 atom stereocenters. The fourth-order valence-corrected chi connectivity index (χ4v) is 8.31. The quantitative estimate of drug-likeness (QED) is 0.170. The highest BCUT2D eigenvalue weighted by Crippen LogP contribution is 2.61. The Hall–Kier alpha value is -4.33. The highest BCUT2D eigenvalue weighted by Gasteiger charge is 2.69. The maximum atomic E-state index is 14.0. The molecule has 2 aliphatic heterocycles. The van der Waals surface area contributed by atoms with Crippen molar-refractivity contribution in [2.24, 2.45) is 29.6 Å². The van der Waals surface area contributed by atoms with Gasteiger partial charge in [0, 0.05) is 55.0 Å². The first kappa shape index (κ1) is 35.5. The molecule has 1 saturated carbocycles. The third kappa shape index (κ3) is 6.26. The summed E-state index contributed by atoms with van der Waals surface area (Å²) in [7, 11) is 1.39. The Kier molecular flexibility index (Phi) is 10.0. The number of aromatic amines is 1. The van der Waals surface area contributed by atoms with Crippen LogP contribution in [0.5, 0.6) is 0 Å². The van der Waals surface area contributed by atoms with Crippen molar-refractivity contribution in [1.82, 2.24) is 10.3 Å². The minimum Gasteiger partial charge on any atom is -0.456 e. The Morgan fingerprint density at radius 3 is 2.62 bits per heavy atom. The second kappa shape index (κ2) is 14.1. The fourth-order valence-electron chi connectivity index (χ4n) is 8.31. The first-order valence-corrected chi connectivity index (χ1v) is 16.9. The molecule has 4 aliphatic rings. The zero-order chi connectivity index (χ0) is 35.9. The van der Waals surface area contributed by atoms with Crippen molar-refractivity contribution >= 4 is 23.8 Å². The molecule has 2 fully saturated rings. The van der Waals surface area contributed by atoms with Crippen LogP contribution in [0.2, 0.25) is 0 Å². The minimum atomic E-state index is -1.22. The molecule has 2 aliphatic carbocycles. The second-order valence-electron chi connectivity index (χ2n) is 13.7. The summed E-state index contributed by atoms with van der Waals surface area (Å²) >= 11 is 0. The Labute approximate surface area is 289 Å². The lowest BCUT2D eigenvalue weighted by molar-refractivity contribution is -0.180. The van der Waals surface area contributed by atoms with Crippen molar-refractivity contribution in [3.05, 3.63) is 83.5 Å². The number of halogens is 1. The third-order valence-corrected chi connectivity index (χ3v) is 10.8. The summed E-state index contributed by atoms with van der Waals surface area (Å²) < 4.78 is 44.1. The molecule has 1 amide bonds.